The topological polar surface area (TPSA) is 48.0 Å². The largest absolute Gasteiger partial charge is 0.497 e. The number of hydrogen-bond donors (Lipinski definition) is 0. The van der Waals surface area contributed by atoms with Crippen molar-refractivity contribution in [3.63, 3.8) is 0 Å². The monoisotopic (exact) mass is 421 g/mol. The maximum Gasteiger partial charge on any atom is 0.410 e. The average molecular weight is 422 g/mol. The highest BCUT2D eigenvalue weighted by Crippen LogP contribution is 2.34. The van der Waals surface area contributed by atoms with E-state index in [-0.39, 0.29) is 18.0 Å². The number of thiophene rings is 1. The van der Waals surface area contributed by atoms with Crippen LogP contribution >= 0.6 is 11.3 Å². The number of carbonyl (C=O) groups is 1. The Morgan fingerprint density at radius 2 is 2.03 bits per heavy atom. The molecular formula is C22H28FNO4S. The first-order chi connectivity index (χ1) is 13.7. The zero-order valence-electron chi connectivity index (χ0n) is 17.6. The zero-order chi connectivity index (χ0) is 21.2. The Labute approximate surface area is 175 Å². The van der Waals surface area contributed by atoms with Crippen LogP contribution in [0.25, 0.3) is 0 Å². The van der Waals surface area contributed by atoms with Crippen molar-refractivity contribution >= 4 is 17.4 Å². The van der Waals surface area contributed by atoms with Gasteiger partial charge < -0.3 is 19.1 Å². The van der Waals surface area contributed by atoms with Crippen molar-refractivity contribution in [2.75, 3.05) is 14.2 Å². The third-order valence-electron chi connectivity index (χ3n) is 4.98. The second-order valence-corrected chi connectivity index (χ2v) is 9.13. The normalized spacial score (nSPS) is 16.1. The molecule has 1 heterocycles. The first kappa shape index (κ1) is 21.4. The molecular weight excluding hydrogens is 393 g/mol. The molecule has 0 aliphatic heterocycles. The predicted molar refractivity (Wildman–Crippen MR) is 111 cm³/mol. The lowest BCUT2D eigenvalue weighted by atomic mass is 9.93. The van der Waals surface area contributed by atoms with Crippen molar-refractivity contribution < 1.29 is 23.4 Å². The summed E-state index contributed by atoms with van der Waals surface area (Å²) in [5.41, 5.74) is 1.05. The molecule has 0 saturated carbocycles. The minimum Gasteiger partial charge on any atom is -0.497 e. The van der Waals surface area contributed by atoms with Crippen LogP contribution in [0, 0.1) is 5.82 Å². The van der Waals surface area contributed by atoms with Crippen molar-refractivity contribution in [3.8, 4) is 11.5 Å². The molecule has 0 spiro atoms. The second kappa shape index (κ2) is 8.61. The van der Waals surface area contributed by atoms with E-state index < -0.39 is 5.60 Å². The van der Waals surface area contributed by atoms with Crippen LogP contribution in [-0.2, 0) is 24.1 Å². The van der Waals surface area contributed by atoms with Crippen molar-refractivity contribution in [2.45, 2.75) is 58.2 Å². The molecule has 29 heavy (non-hydrogen) atoms. The van der Waals surface area contributed by atoms with Crippen LogP contribution in [0.2, 0.25) is 0 Å². The van der Waals surface area contributed by atoms with Gasteiger partial charge in [0.2, 0.25) is 0 Å². The van der Waals surface area contributed by atoms with Gasteiger partial charge in [-0.2, -0.15) is 0 Å². The van der Waals surface area contributed by atoms with Gasteiger partial charge in [0.25, 0.3) is 0 Å². The van der Waals surface area contributed by atoms with Gasteiger partial charge >= 0.3 is 6.09 Å². The fourth-order valence-electron chi connectivity index (χ4n) is 3.55. The number of nitrogens with zero attached hydrogens (tertiary/aromatic N) is 1. The number of ether oxygens (including phenoxy) is 3. The average Bonchev–Trinajstić information content (AvgIpc) is 3.04. The smallest absolute Gasteiger partial charge is 0.410 e. The summed E-state index contributed by atoms with van der Waals surface area (Å²) < 4.78 is 30.4. The second-order valence-electron chi connectivity index (χ2n) is 8.17. The molecule has 0 saturated heterocycles. The van der Waals surface area contributed by atoms with Crippen LogP contribution in [0.1, 0.15) is 43.2 Å². The van der Waals surface area contributed by atoms with Gasteiger partial charge in [0.1, 0.15) is 22.9 Å². The number of hydrogen-bond acceptors (Lipinski definition) is 5. The van der Waals surface area contributed by atoms with Gasteiger partial charge in [0, 0.05) is 39.9 Å². The van der Waals surface area contributed by atoms with E-state index in [1.165, 1.54) is 11.3 Å². The Kier molecular flexibility index (Phi) is 6.36. The highest BCUT2D eigenvalue weighted by atomic mass is 32.1. The van der Waals surface area contributed by atoms with Crippen molar-refractivity contribution in [1.82, 2.24) is 4.90 Å². The molecule has 5 nitrogen and oxygen atoms in total. The molecule has 1 aliphatic rings. The van der Waals surface area contributed by atoms with Crippen LogP contribution < -0.4 is 9.47 Å². The molecule has 1 aliphatic carbocycles. The minimum absolute atomic E-state index is 0.0674. The summed E-state index contributed by atoms with van der Waals surface area (Å²) in [6.07, 6.45) is 1.56. The van der Waals surface area contributed by atoms with Crippen molar-refractivity contribution in [2.24, 2.45) is 0 Å². The molecule has 1 amide bonds. The molecule has 0 fully saturated rings. The van der Waals surface area contributed by atoms with Gasteiger partial charge in [-0.15, -0.1) is 11.3 Å². The first-order valence-corrected chi connectivity index (χ1v) is 10.5. The summed E-state index contributed by atoms with van der Waals surface area (Å²) in [7, 11) is 3.19. The Hall–Kier alpha value is -2.28. The molecule has 0 N–H and O–H groups in total. The lowest BCUT2D eigenvalue weighted by Crippen LogP contribution is -2.45. The van der Waals surface area contributed by atoms with Crippen LogP contribution in [0.15, 0.2) is 23.6 Å². The highest BCUT2D eigenvalue weighted by molar-refractivity contribution is 7.10. The van der Waals surface area contributed by atoms with Gasteiger partial charge in [0.15, 0.2) is 0 Å². The molecule has 7 heteroatoms. The van der Waals surface area contributed by atoms with E-state index in [0.717, 1.165) is 16.0 Å². The summed E-state index contributed by atoms with van der Waals surface area (Å²) in [6, 6.07) is 5.48. The van der Waals surface area contributed by atoms with Crippen LogP contribution in [0.4, 0.5) is 9.18 Å². The Morgan fingerprint density at radius 1 is 1.28 bits per heavy atom. The highest BCUT2D eigenvalue weighted by Gasteiger charge is 2.33. The number of rotatable bonds is 5. The van der Waals surface area contributed by atoms with Gasteiger partial charge in [-0.25, -0.2) is 9.18 Å². The zero-order valence-corrected chi connectivity index (χ0v) is 18.4. The summed E-state index contributed by atoms with van der Waals surface area (Å²) in [6.45, 7) is 5.90. The molecule has 1 aromatic carbocycles. The molecule has 3 rings (SSSR count). The Bertz CT molecular complexity index is 874. The predicted octanol–water partition coefficient (Wildman–Crippen LogP) is 5.20. The molecule has 2 aromatic rings. The fraction of sp³-hybridized carbons (Fsp3) is 0.500. The third-order valence-corrected chi connectivity index (χ3v) is 6.00. The van der Waals surface area contributed by atoms with Crippen LogP contribution in [-0.4, -0.2) is 36.9 Å². The fourth-order valence-corrected chi connectivity index (χ4v) is 4.57. The maximum atomic E-state index is 13.9. The number of carbonyl (C=O) groups excluding carboxylic acids is 1. The van der Waals surface area contributed by atoms with Gasteiger partial charge in [0.05, 0.1) is 20.8 Å². The number of fused-ring (bicyclic) bond motifs is 1. The number of amides is 1. The minimum atomic E-state index is -0.603. The van der Waals surface area contributed by atoms with E-state index in [0.29, 0.717) is 37.3 Å². The standard InChI is InChI=1S/C22H28FNO4S/c1-22(2,3)28-21(25)24(12-14-6-8-16(26-4)11-19(14)27-5)15-7-9-17-18(23)13-29-20(17)10-15/h6,8,11,13,15H,7,9-10,12H2,1-5H3. The first-order valence-electron chi connectivity index (χ1n) is 9.67. The quantitative estimate of drug-likeness (QED) is 0.666. The van der Waals surface area contributed by atoms with Crippen LogP contribution in [0.5, 0.6) is 11.5 Å². The van der Waals surface area contributed by atoms with E-state index in [1.54, 1.807) is 30.6 Å². The Morgan fingerprint density at radius 3 is 2.69 bits per heavy atom. The SMILES string of the molecule is COc1ccc(CN(C(=O)OC(C)(C)C)C2CCc3c(F)csc3C2)c(OC)c1. The Balaban J connectivity index is 1.89. The van der Waals surface area contributed by atoms with E-state index in [2.05, 4.69) is 0 Å². The summed E-state index contributed by atoms with van der Waals surface area (Å²) >= 11 is 1.42. The van der Waals surface area contributed by atoms with Crippen LogP contribution in [0.3, 0.4) is 0 Å². The van der Waals surface area contributed by atoms with Gasteiger partial charge in [-0.1, -0.05) is 0 Å². The lowest BCUT2D eigenvalue weighted by molar-refractivity contribution is 0.0124. The van der Waals surface area contributed by atoms with E-state index in [9.17, 15) is 9.18 Å². The molecule has 1 aromatic heterocycles. The van der Waals surface area contributed by atoms with Crippen molar-refractivity contribution in [1.29, 1.82) is 0 Å². The summed E-state index contributed by atoms with van der Waals surface area (Å²) in [5, 5.41) is 1.55. The van der Waals surface area contributed by atoms with Crippen molar-refractivity contribution in [3.05, 3.63) is 45.4 Å². The van der Waals surface area contributed by atoms with Gasteiger partial charge in [-0.3, -0.25) is 0 Å². The van der Waals surface area contributed by atoms with E-state index >= 15 is 0 Å². The third kappa shape index (κ3) is 5.01. The number of halogens is 1. The molecule has 158 valence electrons. The molecule has 0 bridgehead atoms. The number of benzene rings is 1. The summed E-state index contributed by atoms with van der Waals surface area (Å²) in [5.74, 6) is 1.20. The number of methoxy groups -OCH3 is 2. The molecule has 1 atom stereocenters. The lowest BCUT2D eigenvalue weighted by Gasteiger charge is -2.35. The van der Waals surface area contributed by atoms with Gasteiger partial charge in [-0.05, 0) is 45.7 Å². The maximum absolute atomic E-state index is 13.9. The summed E-state index contributed by atoms with van der Waals surface area (Å²) in [4.78, 5) is 15.8. The van der Waals surface area contributed by atoms with E-state index in [1.807, 2.05) is 32.9 Å². The molecule has 1 unspecified atom stereocenters. The molecule has 0 radical (unpaired) electrons. The van der Waals surface area contributed by atoms with E-state index in [4.69, 9.17) is 14.2 Å².